The summed E-state index contributed by atoms with van der Waals surface area (Å²) >= 11 is 0. The van der Waals surface area contributed by atoms with Crippen LogP contribution in [0, 0.1) is 12.7 Å². The molecule has 0 amide bonds. The van der Waals surface area contributed by atoms with Crippen LogP contribution in [0.4, 0.5) is 21.7 Å². The van der Waals surface area contributed by atoms with Gasteiger partial charge in [-0.2, -0.15) is 9.90 Å². The molecular weight excluding hydrogens is 521 g/mol. The minimum Gasteiger partial charge on any atom is -0.354 e. The number of nitrogens with one attached hydrogen (secondary N) is 1. The normalized spacial score (nSPS) is 14.2. The Balaban J connectivity index is 1.51. The van der Waals surface area contributed by atoms with Gasteiger partial charge in [0.15, 0.2) is 15.7 Å². The second-order valence-corrected chi connectivity index (χ2v) is 11.7. The molecule has 0 atom stereocenters. The van der Waals surface area contributed by atoms with Gasteiger partial charge in [-0.15, -0.1) is 5.10 Å². The molecule has 0 aliphatic carbocycles. The number of para-hydroxylation sites is 1. The highest BCUT2D eigenvalue weighted by atomic mass is 32.2. The Morgan fingerprint density at radius 3 is 2.31 bits per heavy atom. The minimum absolute atomic E-state index is 0.0969. The van der Waals surface area contributed by atoms with Crippen LogP contribution in [0.1, 0.15) is 11.3 Å². The van der Waals surface area contributed by atoms with E-state index in [0.717, 1.165) is 17.8 Å². The zero-order valence-corrected chi connectivity index (χ0v) is 23.1. The number of anilines is 3. The molecule has 39 heavy (non-hydrogen) atoms. The highest BCUT2D eigenvalue weighted by Crippen LogP contribution is 2.31. The molecule has 2 aromatic heterocycles. The van der Waals surface area contributed by atoms with Crippen LogP contribution in [-0.4, -0.2) is 60.4 Å². The molecule has 4 aromatic rings. The van der Waals surface area contributed by atoms with Crippen molar-refractivity contribution >= 4 is 43.6 Å². The highest BCUT2D eigenvalue weighted by molar-refractivity contribution is 7.90. The van der Waals surface area contributed by atoms with Crippen LogP contribution in [0.15, 0.2) is 58.7 Å². The van der Waals surface area contributed by atoms with E-state index in [-0.39, 0.29) is 21.5 Å². The van der Waals surface area contributed by atoms with E-state index >= 15 is 0 Å². The van der Waals surface area contributed by atoms with Crippen LogP contribution < -0.4 is 20.7 Å². The quantitative estimate of drug-likeness (QED) is 0.390. The van der Waals surface area contributed by atoms with Crippen molar-refractivity contribution in [2.45, 2.75) is 11.8 Å². The zero-order chi connectivity index (χ0) is 28.1. The molecule has 0 bridgehead atoms. The number of benzene rings is 2. The number of rotatable bonds is 6. The van der Waals surface area contributed by atoms with Gasteiger partial charge in [0, 0.05) is 63.2 Å². The fraction of sp³-hybridized carbons (Fsp3) is 0.296. The molecule has 0 radical (unpaired) electrons. The topological polar surface area (TPSA) is 105 Å². The number of pyridine rings is 1. The van der Waals surface area contributed by atoms with Gasteiger partial charge in [-0.3, -0.25) is 9.36 Å². The minimum atomic E-state index is -3.52. The first-order valence-corrected chi connectivity index (χ1v) is 14.3. The first kappa shape index (κ1) is 26.4. The molecule has 1 aliphatic heterocycles. The lowest BCUT2D eigenvalue weighted by atomic mass is 10.0. The molecule has 2 aromatic carbocycles. The van der Waals surface area contributed by atoms with Gasteiger partial charge in [0.05, 0.1) is 16.0 Å². The number of sulfone groups is 1. The predicted molar refractivity (Wildman–Crippen MR) is 152 cm³/mol. The SMILES string of the molecule is C=C(Nc1ccccc1S(C)(=O)=O)c1cc(F)cc2c(=O)n(C)c(N3CCN(c4nn(C)nc4C)CC3)cc12. The van der Waals surface area contributed by atoms with Crippen molar-refractivity contribution in [3.8, 4) is 0 Å². The van der Waals surface area contributed by atoms with Crippen molar-refractivity contribution in [2.24, 2.45) is 14.1 Å². The van der Waals surface area contributed by atoms with Gasteiger partial charge in [0.1, 0.15) is 17.3 Å². The molecule has 1 aliphatic rings. The molecule has 1 saturated heterocycles. The van der Waals surface area contributed by atoms with E-state index in [0.29, 0.717) is 48.6 Å². The van der Waals surface area contributed by atoms with Gasteiger partial charge >= 0.3 is 0 Å². The Hall–Kier alpha value is -4.19. The zero-order valence-electron chi connectivity index (χ0n) is 22.3. The number of hydrogen-bond acceptors (Lipinski definition) is 8. The van der Waals surface area contributed by atoms with E-state index in [2.05, 4.69) is 31.9 Å². The molecule has 204 valence electrons. The van der Waals surface area contributed by atoms with Gasteiger partial charge in [-0.25, -0.2) is 12.8 Å². The van der Waals surface area contributed by atoms with Crippen LogP contribution in [-0.2, 0) is 23.9 Å². The predicted octanol–water partition coefficient (Wildman–Crippen LogP) is 2.93. The molecule has 5 rings (SSSR count). The first-order valence-electron chi connectivity index (χ1n) is 12.4. The summed E-state index contributed by atoms with van der Waals surface area (Å²) in [7, 11) is -0.0539. The summed E-state index contributed by atoms with van der Waals surface area (Å²) in [4.78, 5) is 19.3. The van der Waals surface area contributed by atoms with Crippen LogP contribution in [0.25, 0.3) is 16.5 Å². The van der Waals surface area contributed by atoms with Gasteiger partial charge in [-0.05, 0) is 37.3 Å². The molecule has 0 unspecified atom stereocenters. The number of fused-ring (bicyclic) bond motifs is 1. The fourth-order valence-electron chi connectivity index (χ4n) is 5.07. The van der Waals surface area contributed by atoms with Crippen molar-refractivity contribution in [3.63, 3.8) is 0 Å². The van der Waals surface area contributed by atoms with E-state index < -0.39 is 15.7 Å². The van der Waals surface area contributed by atoms with Gasteiger partial charge in [-0.1, -0.05) is 18.7 Å². The van der Waals surface area contributed by atoms with Gasteiger partial charge in [0.25, 0.3) is 5.56 Å². The Kier molecular flexibility index (Phi) is 6.67. The van der Waals surface area contributed by atoms with Crippen LogP contribution in [0.3, 0.4) is 0 Å². The van der Waals surface area contributed by atoms with Crippen LogP contribution in [0.2, 0.25) is 0 Å². The first-order chi connectivity index (χ1) is 18.4. The van der Waals surface area contributed by atoms with Crippen LogP contribution >= 0.6 is 0 Å². The largest absolute Gasteiger partial charge is 0.354 e. The molecule has 1 fully saturated rings. The van der Waals surface area contributed by atoms with E-state index in [4.69, 9.17) is 0 Å². The summed E-state index contributed by atoms with van der Waals surface area (Å²) < 4.78 is 40.8. The maximum atomic E-state index is 14.7. The molecule has 0 spiro atoms. The number of aromatic nitrogens is 4. The molecule has 3 heterocycles. The monoisotopic (exact) mass is 551 g/mol. The van der Waals surface area contributed by atoms with Crippen molar-refractivity contribution < 1.29 is 12.8 Å². The van der Waals surface area contributed by atoms with E-state index in [1.807, 2.05) is 13.0 Å². The second-order valence-electron chi connectivity index (χ2n) is 9.73. The maximum Gasteiger partial charge on any atom is 0.259 e. The molecule has 12 heteroatoms. The Morgan fingerprint density at radius 2 is 1.67 bits per heavy atom. The summed E-state index contributed by atoms with van der Waals surface area (Å²) in [6.45, 7) is 8.67. The lowest BCUT2D eigenvalue weighted by molar-refractivity contribution is 0.602. The van der Waals surface area contributed by atoms with Crippen molar-refractivity contribution in [1.82, 2.24) is 19.6 Å². The van der Waals surface area contributed by atoms with E-state index in [1.165, 1.54) is 22.8 Å². The third kappa shape index (κ3) is 4.99. The molecule has 0 saturated carbocycles. The van der Waals surface area contributed by atoms with Crippen molar-refractivity contribution in [1.29, 1.82) is 0 Å². The molecular formula is C27H30FN7O3S. The second kappa shape index (κ2) is 9.84. The van der Waals surface area contributed by atoms with E-state index in [9.17, 15) is 17.6 Å². The number of aryl methyl sites for hydroxylation is 2. The Morgan fingerprint density at radius 1 is 1.00 bits per heavy atom. The average Bonchev–Trinajstić information content (AvgIpc) is 3.23. The number of nitrogens with zero attached hydrogens (tertiary/aromatic N) is 6. The number of halogens is 1. The summed E-state index contributed by atoms with van der Waals surface area (Å²) in [6.07, 6.45) is 1.12. The lowest BCUT2D eigenvalue weighted by Crippen LogP contribution is -2.48. The maximum absolute atomic E-state index is 14.7. The number of piperazine rings is 1. The van der Waals surface area contributed by atoms with E-state index in [1.54, 1.807) is 37.1 Å². The fourth-order valence-corrected chi connectivity index (χ4v) is 5.91. The van der Waals surface area contributed by atoms with Gasteiger partial charge < -0.3 is 15.1 Å². The highest BCUT2D eigenvalue weighted by Gasteiger charge is 2.24. The summed E-state index contributed by atoms with van der Waals surface area (Å²) in [5.74, 6) is 0.953. The van der Waals surface area contributed by atoms with Crippen LogP contribution in [0.5, 0.6) is 0 Å². The Labute approximate surface area is 225 Å². The molecule has 10 nitrogen and oxygen atoms in total. The van der Waals surface area contributed by atoms with Gasteiger partial charge in [0.2, 0.25) is 0 Å². The smallest absolute Gasteiger partial charge is 0.259 e. The third-order valence-corrected chi connectivity index (χ3v) is 8.11. The Bertz CT molecular complexity index is 1770. The van der Waals surface area contributed by atoms with Crippen molar-refractivity contribution in [3.05, 3.63) is 76.5 Å². The lowest BCUT2D eigenvalue weighted by Gasteiger charge is -2.37. The summed E-state index contributed by atoms with van der Waals surface area (Å²) in [5, 5.41) is 12.6. The number of hydrogen-bond donors (Lipinski definition) is 1. The van der Waals surface area contributed by atoms with Crippen molar-refractivity contribution in [2.75, 3.05) is 47.6 Å². The summed E-state index contributed by atoms with van der Waals surface area (Å²) in [6, 6.07) is 10.8. The standard InChI is InChI=1S/C27H30FN7O3S/c1-17(29-23-8-6-7-9-24(23)39(5,37)38)20-14-19(28)15-22-21(20)16-25(32(3)27(22)36)34-10-12-35(13-11-34)26-18(2)30-33(4)31-26/h6-9,14-16,29H,1,10-13H2,2-5H3. The summed E-state index contributed by atoms with van der Waals surface area (Å²) in [5.41, 5.74) is 1.50. The third-order valence-electron chi connectivity index (χ3n) is 6.96. The molecule has 1 N–H and O–H groups in total. The average molecular weight is 552 g/mol.